The van der Waals surface area contributed by atoms with E-state index in [0.717, 1.165) is 6.54 Å². The zero-order valence-electron chi connectivity index (χ0n) is 10.9. The van der Waals surface area contributed by atoms with Gasteiger partial charge in [-0.15, -0.1) is 0 Å². The number of carbonyl (C=O) groups is 1. The molecule has 17 heavy (non-hydrogen) atoms. The van der Waals surface area contributed by atoms with Gasteiger partial charge in [0.05, 0.1) is 4.99 Å². The van der Waals surface area contributed by atoms with Gasteiger partial charge in [0.2, 0.25) is 5.91 Å². The van der Waals surface area contributed by atoms with Crippen molar-refractivity contribution in [2.75, 3.05) is 13.1 Å². The van der Waals surface area contributed by atoms with Crippen LogP contribution in [-0.4, -0.2) is 28.9 Å². The van der Waals surface area contributed by atoms with Crippen molar-refractivity contribution in [3.63, 3.8) is 0 Å². The molecule has 0 unspecified atom stereocenters. The maximum absolute atomic E-state index is 12.1. The highest BCUT2D eigenvalue weighted by atomic mass is 32.1. The Morgan fingerprint density at radius 2 is 2.12 bits per heavy atom. The van der Waals surface area contributed by atoms with E-state index in [1.807, 2.05) is 4.90 Å². The smallest absolute Gasteiger partial charge is 0.222 e. The highest BCUT2D eigenvalue weighted by Crippen LogP contribution is 2.29. The van der Waals surface area contributed by atoms with Gasteiger partial charge >= 0.3 is 0 Å². The zero-order chi connectivity index (χ0) is 12.8. The van der Waals surface area contributed by atoms with Crippen LogP contribution in [0.2, 0.25) is 0 Å². The molecule has 1 aliphatic carbocycles. The fraction of sp³-hybridized carbons (Fsp3) is 0.846. The van der Waals surface area contributed by atoms with E-state index in [-0.39, 0.29) is 5.91 Å². The molecule has 0 heterocycles. The number of thiocarbonyl (C=S) groups is 1. The molecule has 0 atom stereocenters. The maximum Gasteiger partial charge on any atom is 0.222 e. The summed E-state index contributed by atoms with van der Waals surface area (Å²) in [4.78, 5) is 14.6. The van der Waals surface area contributed by atoms with Crippen molar-refractivity contribution in [2.24, 2.45) is 17.6 Å². The quantitative estimate of drug-likeness (QED) is 0.711. The van der Waals surface area contributed by atoms with Gasteiger partial charge in [0.15, 0.2) is 0 Å². The van der Waals surface area contributed by atoms with Crippen molar-refractivity contribution in [1.82, 2.24) is 4.90 Å². The zero-order valence-corrected chi connectivity index (χ0v) is 11.8. The molecule has 0 aromatic rings. The summed E-state index contributed by atoms with van der Waals surface area (Å²) in [6.45, 7) is 5.75. The third kappa shape index (κ3) is 5.48. The van der Waals surface area contributed by atoms with Crippen LogP contribution in [0.3, 0.4) is 0 Å². The number of hydrogen-bond donors (Lipinski definition) is 1. The first-order valence-electron chi connectivity index (χ1n) is 6.55. The summed E-state index contributed by atoms with van der Waals surface area (Å²) >= 11 is 4.88. The van der Waals surface area contributed by atoms with Gasteiger partial charge in [0.25, 0.3) is 0 Å². The monoisotopic (exact) mass is 256 g/mol. The normalized spacial score (nSPS) is 15.7. The third-order valence-corrected chi connectivity index (χ3v) is 3.46. The number of hydrogen-bond acceptors (Lipinski definition) is 2. The molecule has 0 radical (unpaired) electrons. The Balaban J connectivity index is 2.41. The molecule has 1 fully saturated rings. The minimum atomic E-state index is 0.277. The molecule has 3 nitrogen and oxygen atoms in total. The predicted octanol–water partition coefficient (Wildman–Crippen LogP) is 2.34. The highest BCUT2D eigenvalue weighted by Gasteiger charge is 2.24. The van der Waals surface area contributed by atoms with E-state index in [2.05, 4.69) is 13.8 Å². The van der Waals surface area contributed by atoms with Crippen LogP contribution in [0, 0.1) is 11.8 Å². The van der Waals surface area contributed by atoms with Gasteiger partial charge in [-0.1, -0.05) is 32.5 Å². The number of rotatable bonds is 7. The highest BCUT2D eigenvalue weighted by molar-refractivity contribution is 7.80. The molecular formula is C13H24N2OS. The van der Waals surface area contributed by atoms with E-state index in [9.17, 15) is 4.79 Å². The van der Waals surface area contributed by atoms with Crippen LogP contribution in [-0.2, 0) is 4.79 Å². The molecule has 0 aromatic heterocycles. The minimum absolute atomic E-state index is 0.277. The molecule has 1 saturated carbocycles. The molecule has 0 aliphatic heterocycles. The van der Waals surface area contributed by atoms with Crippen molar-refractivity contribution in [3.05, 3.63) is 0 Å². The van der Waals surface area contributed by atoms with Crippen LogP contribution in [0.25, 0.3) is 0 Å². The van der Waals surface area contributed by atoms with Gasteiger partial charge in [-0.3, -0.25) is 4.79 Å². The molecule has 1 amide bonds. The summed E-state index contributed by atoms with van der Waals surface area (Å²) in [5.41, 5.74) is 5.50. The lowest BCUT2D eigenvalue weighted by atomic mass is 9.82. The Bertz CT molecular complexity index is 275. The first-order chi connectivity index (χ1) is 7.99. The third-order valence-electron chi connectivity index (χ3n) is 3.25. The first-order valence-corrected chi connectivity index (χ1v) is 6.96. The molecule has 0 spiro atoms. The molecule has 1 aliphatic rings. The second-order valence-corrected chi connectivity index (χ2v) is 5.98. The molecule has 2 N–H and O–H groups in total. The van der Waals surface area contributed by atoms with Crippen LogP contribution in [0.5, 0.6) is 0 Å². The first kappa shape index (κ1) is 14.4. The summed E-state index contributed by atoms with van der Waals surface area (Å²) < 4.78 is 0. The van der Waals surface area contributed by atoms with Gasteiger partial charge < -0.3 is 10.6 Å². The summed E-state index contributed by atoms with van der Waals surface area (Å²) in [7, 11) is 0. The van der Waals surface area contributed by atoms with E-state index in [0.29, 0.717) is 36.2 Å². The second kappa shape index (κ2) is 6.94. The molecule has 98 valence electrons. The minimum Gasteiger partial charge on any atom is -0.393 e. The van der Waals surface area contributed by atoms with Crippen LogP contribution in [0.15, 0.2) is 0 Å². The lowest BCUT2D eigenvalue weighted by Gasteiger charge is -2.30. The molecule has 0 bridgehead atoms. The summed E-state index contributed by atoms with van der Waals surface area (Å²) in [6.07, 6.45) is 5.07. The standard InChI is InChI=1S/C13H24N2OS/c1-10(2)9-15(7-6-12(14)17)13(16)8-11-4-3-5-11/h10-11H,3-9H2,1-2H3,(H2,14,17). The number of amides is 1. The van der Waals surface area contributed by atoms with Gasteiger partial charge in [-0.2, -0.15) is 0 Å². The lowest BCUT2D eigenvalue weighted by Crippen LogP contribution is -2.38. The van der Waals surface area contributed by atoms with Gasteiger partial charge in [0.1, 0.15) is 0 Å². The topological polar surface area (TPSA) is 46.3 Å². The van der Waals surface area contributed by atoms with E-state index < -0.39 is 0 Å². The van der Waals surface area contributed by atoms with Crippen molar-refractivity contribution in [1.29, 1.82) is 0 Å². The largest absolute Gasteiger partial charge is 0.393 e. The predicted molar refractivity (Wildman–Crippen MR) is 74.8 cm³/mol. The molecular weight excluding hydrogens is 232 g/mol. The molecule has 0 aromatic carbocycles. The summed E-state index contributed by atoms with van der Waals surface area (Å²) in [5.74, 6) is 1.40. The van der Waals surface area contributed by atoms with Crippen molar-refractivity contribution < 1.29 is 4.79 Å². The Morgan fingerprint density at radius 1 is 1.47 bits per heavy atom. The van der Waals surface area contributed by atoms with Crippen molar-refractivity contribution >= 4 is 23.1 Å². The Kier molecular flexibility index (Phi) is 5.89. The van der Waals surface area contributed by atoms with Gasteiger partial charge in [0, 0.05) is 25.9 Å². The molecule has 4 heteroatoms. The molecule has 0 saturated heterocycles. The SMILES string of the molecule is CC(C)CN(CCC(N)=S)C(=O)CC1CCC1. The summed E-state index contributed by atoms with van der Waals surface area (Å²) in [6, 6.07) is 0. The van der Waals surface area contributed by atoms with Gasteiger partial charge in [-0.25, -0.2) is 0 Å². The van der Waals surface area contributed by atoms with Crippen LogP contribution in [0.1, 0.15) is 46.0 Å². The fourth-order valence-corrected chi connectivity index (χ4v) is 2.17. The van der Waals surface area contributed by atoms with Crippen LogP contribution < -0.4 is 5.73 Å². The maximum atomic E-state index is 12.1. The number of carbonyl (C=O) groups excluding carboxylic acids is 1. The lowest BCUT2D eigenvalue weighted by molar-refractivity contribution is -0.133. The molecule has 1 rings (SSSR count). The van der Waals surface area contributed by atoms with E-state index in [1.54, 1.807) is 0 Å². The number of nitrogens with two attached hydrogens (primary N) is 1. The van der Waals surface area contributed by atoms with Crippen molar-refractivity contribution in [2.45, 2.75) is 46.0 Å². The van der Waals surface area contributed by atoms with E-state index in [1.165, 1.54) is 19.3 Å². The Morgan fingerprint density at radius 3 is 2.53 bits per heavy atom. The fourth-order valence-electron chi connectivity index (χ4n) is 2.08. The average Bonchev–Trinajstić information content (AvgIpc) is 2.17. The van der Waals surface area contributed by atoms with Crippen LogP contribution in [0.4, 0.5) is 0 Å². The summed E-state index contributed by atoms with van der Waals surface area (Å²) in [5, 5.41) is 0. The van der Waals surface area contributed by atoms with Crippen LogP contribution >= 0.6 is 12.2 Å². The Labute approximate surface area is 110 Å². The van der Waals surface area contributed by atoms with E-state index >= 15 is 0 Å². The van der Waals surface area contributed by atoms with Crippen molar-refractivity contribution in [3.8, 4) is 0 Å². The number of nitrogens with zero attached hydrogens (tertiary/aromatic N) is 1. The Hall–Kier alpha value is -0.640. The van der Waals surface area contributed by atoms with Gasteiger partial charge in [-0.05, 0) is 24.7 Å². The van der Waals surface area contributed by atoms with E-state index in [4.69, 9.17) is 18.0 Å². The second-order valence-electron chi connectivity index (χ2n) is 5.45. The average molecular weight is 256 g/mol.